The van der Waals surface area contributed by atoms with E-state index in [9.17, 15) is 8.42 Å². The Balaban J connectivity index is 1.68. The summed E-state index contributed by atoms with van der Waals surface area (Å²) < 4.78 is 25.8. The van der Waals surface area contributed by atoms with Gasteiger partial charge in [0.05, 0.1) is 21.0 Å². The van der Waals surface area contributed by atoms with Crippen LogP contribution in [0.1, 0.15) is 13.8 Å². The number of hydrogen-bond acceptors (Lipinski definition) is 5. The second-order valence-corrected chi connectivity index (χ2v) is 9.40. The second-order valence-electron chi connectivity index (χ2n) is 7.45. The van der Waals surface area contributed by atoms with Crippen molar-refractivity contribution in [1.29, 1.82) is 0 Å². The summed E-state index contributed by atoms with van der Waals surface area (Å²) in [6.07, 6.45) is 1.48. The van der Waals surface area contributed by atoms with E-state index < -0.39 is 9.84 Å². The molecule has 1 aromatic heterocycles. The van der Waals surface area contributed by atoms with E-state index in [2.05, 4.69) is 34.7 Å². The SMILES string of the molecule is CC(C)N1CCN(c2cccc3cc(S(=O)(=O)c4ccccc4)cnc23)CC1. The first-order chi connectivity index (χ1) is 13.5. The molecule has 1 aliphatic rings. The van der Waals surface area contributed by atoms with Crippen molar-refractivity contribution in [2.75, 3.05) is 31.1 Å². The molecule has 0 aliphatic carbocycles. The number of rotatable bonds is 4. The number of pyridine rings is 1. The number of anilines is 1. The van der Waals surface area contributed by atoms with E-state index in [-0.39, 0.29) is 9.79 Å². The highest BCUT2D eigenvalue weighted by Gasteiger charge is 2.22. The first-order valence-corrected chi connectivity index (χ1v) is 11.1. The van der Waals surface area contributed by atoms with E-state index >= 15 is 0 Å². The molecule has 2 heterocycles. The molecule has 0 saturated carbocycles. The summed E-state index contributed by atoms with van der Waals surface area (Å²) in [6, 6.07) is 16.8. The Kier molecular flexibility index (Phi) is 5.08. The van der Waals surface area contributed by atoms with Crippen LogP contribution in [0.4, 0.5) is 5.69 Å². The van der Waals surface area contributed by atoms with Gasteiger partial charge < -0.3 is 4.90 Å². The zero-order chi connectivity index (χ0) is 19.7. The van der Waals surface area contributed by atoms with Gasteiger partial charge in [-0.25, -0.2) is 8.42 Å². The van der Waals surface area contributed by atoms with E-state index in [0.717, 1.165) is 42.8 Å². The van der Waals surface area contributed by atoms with Gasteiger partial charge in [-0.05, 0) is 38.1 Å². The van der Waals surface area contributed by atoms with Gasteiger partial charge in [0.1, 0.15) is 0 Å². The minimum atomic E-state index is -3.57. The third-order valence-corrected chi connectivity index (χ3v) is 7.15. The van der Waals surface area contributed by atoms with E-state index in [1.807, 2.05) is 18.2 Å². The molecule has 28 heavy (non-hydrogen) atoms. The molecule has 1 fully saturated rings. The molecule has 6 heteroatoms. The van der Waals surface area contributed by atoms with Gasteiger partial charge in [-0.3, -0.25) is 9.88 Å². The first-order valence-electron chi connectivity index (χ1n) is 9.65. The Morgan fingerprint density at radius 2 is 1.61 bits per heavy atom. The Morgan fingerprint density at radius 1 is 0.893 bits per heavy atom. The highest BCUT2D eigenvalue weighted by atomic mass is 32.2. The lowest BCUT2D eigenvalue weighted by molar-refractivity contribution is 0.209. The number of piperazine rings is 1. The predicted octanol–water partition coefficient (Wildman–Crippen LogP) is 3.60. The predicted molar refractivity (Wildman–Crippen MR) is 113 cm³/mol. The van der Waals surface area contributed by atoms with Gasteiger partial charge in [0.25, 0.3) is 0 Å². The van der Waals surface area contributed by atoms with Crippen LogP contribution < -0.4 is 4.90 Å². The lowest BCUT2D eigenvalue weighted by Crippen LogP contribution is -2.49. The molecule has 2 aromatic carbocycles. The lowest BCUT2D eigenvalue weighted by atomic mass is 10.1. The Labute approximate surface area is 166 Å². The second kappa shape index (κ2) is 7.53. The summed E-state index contributed by atoms with van der Waals surface area (Å²) in [4.78, 5) is 9.91. The molecule has 0 atom stereocenters. The summed E-state index contributed by atoms with van der Waals surface area (Å²) in [6.45, 7) is 8.39. The fourth-order valence-corrected chi connectivity index (χ4v) is 5.00. The standard InChI is InChI=1S/C22H25N3O2S/c1-17(2)24-11-13-25(14-12-24)21-10-6-7-18-15-20(16-23-22(18)21)28(26,27)19-8-4-3-5-9-19/h3-10,15-17H,11-14H2,1-2H3. The number of fused-ring (bicyclic) bond motifs is 1. The van der Waals surface area contributed by atoms with Crippen molar-refractivity contribution in [3.63, 3.8) is 0 Å². The van der Waals surface area contributed by atoms with Gasteiger partial charge in [0, 0.05) is 43.8 Å². The lowest BCUT2D eigenvalue weighted by Gasteiger charge is -2.38. The number of nitrogens with zero attached hydrogens (tertiary/aromatic N) is 3. The largest absolute Gasteiger partial charge is 0.367 e. The molecule has 1 aliphatic heterocycles. The van der Waals surface area contributed by atoms with Crippen molar-refractivity contribution in [3.05, 3.63) is 60.8 Å². The quantitative estimate of drug-likeness (QED) is 0.676. The van der Waals surface area contributed by atoms with Crippen LogP contribution >= 0.6 is 0 Å². The summed E-state index contributed by atoms with van der Waals surface area (Å²) in [7, 11) is -3.57. The molecule has 0 spiro atoms. The molecule has 0 amide bonds. The number of para-hydroxylation sites is 1. The zero-order valence-electron chi connectivity index (χ0n) is 16.2. The number of hydrogen-bond donors (Lipinski definition) is 0. The summed E-state index contributed by atoms with van der Waals surface area (Å²) >= 11 is 0. The molecule has 0 radical (unpaired) electrons. The van der Waals surface area contributed by atoms with Crippen LogP contribution in [-0.2, 0) is 9.84 Å². The van der Waals surface area contributed by atoms with Crippen LogP contribution in [0.2, 0.25) is 0 Å². The average molecular weight is 396 g/mol. The third kappa shape index (κ3) is 3.50. The van der Waals surface area contributed by atoms with Gasteiger partial charge >= 0.3 is 0 Å². The van der Waals surface area contributed by atoms with Crippen molar-refractivity contribution < 1.29 is 8.42 Å². The van der Waals surface area contributed by atoms with Gasteiger partial charge in [0.2, 0.25) is 9.84 Å². The molecular formula is C22H25N3O2S. The Hall–Kier alpha value is -2.44. The molecular weight excluding hydrogens is 370 g/mol. The minimum absolute atomic E-state index is 0.230. The van der Waals surface area contributed by atoms with Crippen LogP contribution in [-0.4, -0.2) is 50.5 Å². The number of benzene rings is 2. The van der Waals surface area contributed by atoms with Gasteiger partial charge in [0.15, 0.2) is 0 Å². The number of aromatic nitrogens is 1. The average Bonchev–Trinajstić information content (AvgIpc) is 2.73. The topological polar surface area (TPSA) is 53.5 Å². The number of sulfone groups is 1. The van der Waals surface area contributed by atoms with Crippen LogP contribution in [0, 0.1) is 0 Å². The third-order valence-electron chi connectivity index (χ3n) is 5.41. The van der Waals surface area contributed by atoms with Crippen molar-refractivity contribution in [2.24, 2.45) is 0 Å². The Morgan fingerprint density at radius 3 is 2.29 bits per heavy atom. The van der Waals surface area contributed by atoms with Crippen molar-refractivity contribution in [2.45, 2.75) is 29.7 Å². The summed E-state index contributed by atoms with van der Waals surface area (Å²) in [5.41, 5.74) is 1.93. The molecule has 3 aromatic rings. The van der Waals surface area contributed by atoms with Crippen LogP contribution in [0.25, 0.3) is 10.9 Å². The maximum absolute atomic E-state index is 12.9. The van der Waals surface area contributed by atoms with Crippen LogP contribution in [0.15, 0.2) is 70.6 Å². The Bertz CT molecular complexity index is 1070. The molecule has 0 bridgehead atoms. The maximum Gasteiger partial charge on any atom is 0.208 e. The maximum atomic E-state index is 12.9. The van der Waals surface area contributed by atoms with Crippen molar-refractivity contribution in [1.82, 2.24) is 9.88 Å². The highest BCUT2D eigenvalue weighted by molar-refractivity contribution is 7.91. The highest BCUT2D eigenvalue weighted by Crippen LogP contribution is 2.29. The summed E-state index contributed by atoms with van der Waals surface area (Å²) in [5, 5.41) is 0.848. The van der Waals surface area contributed by atoms with Gasteiger partial charge in [-0.1, -0.05) is 30.3 Å². The molecule has 0 unspecified atom stereocenters. The minimum Gasteiger partial charge on any atom is -0.367 e. The molecule has 5 nitrogen and oxygen atoms in total. The van der Waals surface area contributed by atoms with E-state index in [1.54, 1.807) is 30.3 Å². The van der Waals surface area contributed by atoms with Crippen molar-refractivity contribution >= 4 is 26.4 Å². The molecule has 4 rings (SSSR count). The van der Waals surface area contributed by atoms with Crippen LogP contribution in [0.3, 0.4) is 0 Å². The fourth-order valence-electron chi connectivity index (χ4n) is 3.74. The summed E-state index contributed by atoms with van der Waals surface area (Å²) in [5.74, 6) is 0. The smallest absolute Gasteiger partial charge is 0.208 e. The molecule has 0 N–H and O–H groups in total. The van der Waals surface area contributed by atoms with E-state index in [1.165, 1.54) is 6.20 Å². The van der Waals surface area contributed by atoms with Gasteiger partial charge in [-0.15, -0.1) is 0 Å². The molecule has 146 valence electrons. The normalized spacial score (nSPS) is 16.0. The van der Waals surface area contributed by atoms with E-state index in [4.69, 9.17) is 0 Å². The monoisotopic (exact) mass is 395 g/mol. The first kappa shape index (κ1) is 18.9. The van der Waals surface area contributed by atoms with Gasteiger partial charge in [-0.2, -0.15) is 0 Å². The zero-order valence-corrected chi connectivity index (χ0v) is 17.1. The van der Waals surface area contributed by atoms with E-state index in [0.29, 0.717) is 6.04 Å². The molecule has 1 saturated heterocycles. The van der Waals surface area contributed by atoms with Crippen LogP contribution in [0.5, 0.6) is 0 Å². The van der Waals surface area contributed by atoms with Crippen molar-refractivity contribution in [3.8, 4) is 0 Å². The fraction of sp³-hybridized carbons (Fsp3) is 0.318.